The number of hydrogen-bond acceptors (Lipinski definition) is 4. The van der Waals surface area contributed by atoms with Gasteiger partial charge in [-0.05, 0) is 24.8 Å². The van der Waals surface area contributed by atoms with Crippen molar-refractivity contribution in [3.63, 3.8) is 0 Å². The first-order valence-electron chi connectivity index (χ1n) is 11.0. The average molecular weight is 395 g/mol. The van der Waals surface area contributed by atoms with Gasteiger partial charge in [-0.1, -0.05) is 89.1 Å². The normalized spacial score (nSPS) is 14.2. The number of hydrogen-bond donors (Lipinski definition) is 0. The van der Waals surface area contributed by atoms with Crippen molar-refractivity contribution in [2.24, 2.45) is 0 Å². The molecule has 0 heterocycles. The molecule has 4 nitrogen and oxygen atoms in total. The van der Waals surface area contributed by atoms with Crippen LogP contribution in [0.3, 0.4) is 0 Å². The van der Waals surface area contributed by atoms with Gasteiger partial charge in [0.25, 0.3) is 0 Å². The highest BCUT2D eigenvalue weighted by atomic mass is 16.9. The summed E-state index contributed by atoms with van der Waals surface area (Å²) in [5, 5.41) is 0. The minimum absolute atomic E-state index is 0.609. The zero-order valence-corrected chi connectivity index (χ0v) is 18.8. The molecule has 0 aliphatic rings. The molecule has 0 aromatic heterocycles. The summed E-state index contributed by atoms with van der Waals surface area (Å²) >= 11 is 0. The molecule has 0 N–H and O–H groups in total. The van der Waals surface area contributed by atoms with Crippen LogP contribution in [0.1, 0.15) is 77.2 Å². The molecule has 0 fully saturated rings. The second-order valence-electron chi connectivity index (χ2n) is 7.51. The van der Waals surface area contributed by atoms with E-state index in [9.17, 15) is 0 Å². The molecule has 0 spiro atoms. The van der Waals surface area contributed by atoms with E-state index in [1.54, 1.807) is 21.3 Å². The lowest BCUT2D eigenvalue weighted by molar-refractivity contribution is -0.428. The first-order chi connectivity index (χ1) is 13.6. The van der Waals surface area contributed by atoms with Gasteiger partial charge >= 0.3 is 5.97 Å². The van der Waals surface area contributed by atoms with Crippen molar-refractivity contribution < 1.29 is 18.9 Å². The van der Waals surface area contributed by atoms with Crippen LogP contribution >= 0.6 is 0 Å². The zero-order valence-electron chi connectivity index (χ0n) is 18.8. The molecular formula is C24H42O4. The molecular weight excluding hydrogens is 352 g/mol. The van der Waals surface area contributed by atoms with Crippen molar-refractivity contribution in [2.75, 3.05) is 27.9 Å². The average Bonchev–Trinajstić information content (AvgIpc) is 2.73. The van der Waals surface area contributed by atoms with Gasteiger partial charge in [0.05, 0.1) is 6.61 Å². The molecule has 1 atom stereocenters. The van der Waals surface area contributed by atoms with Crippen LogP contribution in [0.15, 0.2) is 30.3 Å². The largest absolute Gasteiger partial charge is 0.366 e. The Balaban J connectivity index is 2.86. The van der Waals surface area contributed by atoms with Crippen molar-refractivity contribution in [3.8, 4) is 0 Å². The van der Waals surface area contributed by atoms with Crippen molar-refractivity contribution in [3.05, 3.63) is 35.9 Å². The standard InChI is InChI=1S/C24H42O4/c1-6-8-9-10-11-15-20-23(19-7-2,24(25-3,26-4)27-5)28-21-18-22-16-13-12-14-17-22/h12-14,16-17H,6-11,15,18-21H2,1-5H3. The van der Waals surface area contributed by atoms with Gasteiger partial charge < -0.3 is 18.9 Å². The Morgan fingerprint density at radius 2 is 1.32 bits per heavy atom. The third-order valence-electron chi connectivity index (χ3n) is 5.56. The molecule has 0 saturated carbocycles. The molecule has 1 rings (SSSR count). The molecule has 0 amide bonds. The fourth-order valence-corrected chi connectivity index (χ4v) is 4.08. The smallest absolute Gasteiger partial charge is 0.313 e. The predicted molar refractivity (Wildman–Crippen MR) is 115 cm³/mol. The Kier molecular flexibility index (Phi) is 12.6. The van der Waals surface area contributed by atoms with Crippen LogP contribution in [-0.2, 0) is 25.4 Å². The topological polar surface area (TPSA) is 36.9 Å². The van der Waals surface area contributed by atoms with Crippen molar-refractivity contribution >= 4 is 0 Å². The summed E-state index contributed by atoms with van der Waals surface area (Å²) in [5.74, 6) is -1.19. The lowest BCUT2D eigenvalue weighted by atomic mass is 9.87. The minimum Gasteiger partial charge on any atom is -0.366 e. The summed E-state index contributed by atoms with van der Waals surface area (Å²) < 4.78 is 23.9. The third-order valence-corrected chi connectivity index (χ3v) is 5.56. The molecule has 0 saturated heterocycles. The Bertz CT molecular complexity index is 478. The number of rotatable bonds is 17. The van der Waals surface area contributed by atoms with E-state index in [1.807, 2.05) is 6.07 Å². The van der Waals surface area contributed by atoms with E-state index in [1.165, 1.54) is 37.7 Å². The van der Waals surface area contributed by atoms with E-state index >= 15 is 0 Å². The fraction of sp³-hybridized carbons (Fsp3) is 0.750. The minimum atomic E-state index is -1.19. The maximum absolute atomic E-state index is 6.57. The van der Waals surface area contributed by atoms with Crippen molar-refractivity contribution in [2.45, 2.75) is 89.6 Å². The van der Waals surface area contributed by atoms with Crippen LogP contribution < -0.4 is 0 Å². The molecule has 0 bridgehead atoms. The fourth-order valence-electron chi connectivity index (χ4n) is 4.08. The first kappa shape index (κ1) is 25.1. The molecule has 1 aromatic rings. The molecule has 0 radical (unpaired) electrons. The van der Waals surface area contributed by atoms with Crippen LogP contribution in [-0.4, -0.2) is 39.5 Å². The lowest BCUT2D eigenvalue weighted by Crippen LogP contribution is -2.60. The molecule has 1 aromatic carbocycles. The van der Waals surface area contributed by atoms with Gasteiger partial charge in [-0.25, -0.2) is 0 Å². The summed E-state index contributed by atoms with van der Waals surface area (Å²) in [6, 6.07) is 10.4. The molecule has 1 unspecified atom stereocenters. The number of ether oxygens (including phenoxy) is 4. The van der Waals surface area contributed by atoms with Gasteiger partial charge in [0.15, 0.2) is 0 Å². The SMILES string of the molecule is CCCCCCCCC(CCC)(OCCc1ccccc1)C(OC)(OC)OC. The van der Waals surface area contributed by atoms with Crippen molar-refractivity contribution in [1.82, 2.24) is 0 Å². The second-order valence-corrected chi connectivity index (χ2v) is 7.51. The summed E-state index contributed by atoms with van der Waals surface area (Å²) in [6.45, 7) is 5.02. The molecule has 162 valence electrons. The Morgan fingerprint density at radius 1 is 0.714 bits per heavy atom. The van der Waals surface area contributed by atoms with Crippen LogP contribution in [0.2, 0.25) is 0 Å². The maximum atomic E-state index is 6.57. The van der Waals surface area contributed by atoms with E-state index in [2.05, 4.69) is 38.1 Å². The molecule has 28 heavy (non-hydrogen) atoms. The lowest BCUT2D eigenvalue weighted by Gasteiger charge is -2.46. The Morgan fingerprint density at radius 3 is 1.89 bits per heavy atom. The summed E-state index contributed by atoms with van der Waals surface area (Å²) in [7, 11) is 4.91. The highest BCUT2D eigenvalue weighted by molar-refractivity contribution is 5.14. The van der Waals surface area contributed by atoms with Gasteiger partial charge in [-0.15, -0.1) is 0 Å². The number of methoxy groups -OCH3 is 3. The highest BCUT2D eigenvalue weighted by Gasteiger charge is 2.54. The quantitative estimate of drug-likeness (QED) is 0.235. The zero-order chi connectivity index (χ0) is 20.7. The monoisotopic (exact) mass is 394 g/mol. The van der Waals surface area contributed by atoms with Gasteiger partial charge in [0, 0.05) is 21.3 Å². The van der Waals surface area contributed by atoms with E-state index < -0.39 is 11.6 Å². The van der Waals surface area contributed by atoms with Crippen molar-refractivity contribution in [1.29, 1.82) is 0 Å². The second kappa shape index (κ2) is 14.1. The number of benzene rings is 1. The van der Waals surface area contributed by atoms with E-state index in [-0.39, 0.29) is 0 Å². The van der Waals surface area contributed by atoms with E-state index in [4.69, 9.17) is 18.9 Å². The van der Waals surface area contributed by atoms with Crippen LogP contribution in [0, 0.1) is 0 Å². The number of unbranched alkanes of at least 4 members (excludes halogenated alkanes) is 5. The Labute approximate surface area is 172 Å². The molecule has 0 aliphatic carbocycles. The van der Waals surface area contributed by atoms with E-state index in [0.717, 1.165) is 32.1 Å². The van der Waals surface area contributed by atoms with Gasteiger partial charge in [-0.3, -0.25) is 0 Å². The first-order valence-corrected chi connectivity index (χ1v) is 11.0. The summed E-state index contributed by atoms with van der Waals surface area (Å²) in [4.78, 5) is 0. The van der Waals surface area contributed by atoms with Gasteiger partial charge in [0.2, 0.25) is 0 Å². The van der Waals surface area contributed by atoms with Crippen LogP contribution in [0.4, 0.5) is 0 Å². The molecule has 0 aliphatic heterocycles. The maximum Gasteiger partial charge on any atom is 0.313 e. The van der Waals surface area contributed by atoms with Crippen LogP contribution in [0.25, 0.3) is 0 Å². The highest BCUT2D eigenvalue weighted by Crippen LogP contribution is 2.40. The van der Waals surface area contributed by atoms with E-state index in [0.29, 0.717) is 6.61 Å². The van der Waals surface area contributed by atoms with Gasteiger partial charge in [-0.2, -0.15) is 0 Å². The van der Waals surface area contributed by atoms with Gasteiger partial charge in [0.1, 0.15) is 5.60 Å². The Hall–Kier alpha value is -0.940. The predicted octanol–water partition coefficient (Wildman–Crippen LogP) is 6.13. The summed E-state index contributed by atoms with van der Waals surface area (Å²) in [6.07, 6.45) is 10.9. The molecule has 4 heteroatoms. The summed E-state index contributed by atoms with van der Waals surface area (Å²) in [5.41, 5.74) is 0.643. The van der Waals surface area contributed by atoms with Crippen LogP contribution in [0.5, 0.6) is 0 Å². The third kappa shape index (κ3) is 7.14.